The van der Waals surface area contributed by atoms with Crippen LogP contribution in [0.25, 0.3) is 0 Å². The molecular weight excluding hydrogens is 264 g/mol. The summed E-state index contributed by atoms with van der Waals surface area (Å²) >= 11 is 0. The molecular formula is C16H18N4O. The minimum Gasteiger partial charge on any atom is -0.369 e. The molecule has 108 valence electrons. The summed E-state index contributed by atoms with van der Waals surface area (Å²) in [5, 5.41) is 3.07. The van der Waals surface area contributed by atoms with Crippen molar-refractivity contribution in [2.75, 3.05) is 18.4 Å². The molecule has 1 aliphatic rings. The van der Waals surface area contributed by atoms with Gasteiger partial charge in [0.2, 0.25) is 0 Å². The maximum Gasteiger partial charge on any atom is 0.274 e. The molecule has 0 fully saturated rings. The van der Waals surface area contributed by atoms with Crippen LogP contribution in [-0.4, -0.2) is 33.9 Å². The Morgan fingerprint density at radius 1 is 1.24 bits per heavy atom. The standard InChI is InChI=1S/C16H18N4O/c1-2-17-15-10-18-14(9-19-15)16(21)20-8-7-12-5-3-4-6-13(12)11-20/h3-6,9-10H,2,7-8,11H2,1H3,(H,17,19). The number of anilines is 1. The summed E-state index contributed by atoms with van der Waals surface area (Å²) in [5.41, 5.74) is 2.94. The minimum absolute atomic E-state index is 0.0555. The molecule has 5 nitrogen and oxygen atoms in total. The van der Waals surface area contributed by atoms with Gasteiger partial charge >= 0.3 is 0 Å². The fourth-order valence-electron chi connectivity index (χ4n) is 2.54. The molecule has 1 aromatic heterocycles. The van der Waals surface area contributed by atoms with Gasteiger partial charge in [-0.2, -0.15) is 0 Å². The fraction of sp³-hybridized carbons (Fsp3) is 0.312. The van der Waals surface area contributed by atoms with Crippen LogP contribution in [-0.2, 0) is 13.0 Å². The van der Waals surface area contributed by atoms with E-state index >= 15 is 0 Å². The Labute approximate surface area is 124 Å². The molecule has 0 radical (unpaired) electrons. The summed E-state index contributed by atoms with van der Waals surface area (Å²) in [4.78, 5) is 22.7. The summed E-state index contributed by atoms with van der Waals surface area (Å²) in [7, 11) is 0. The summed E-state index contributed by atoms with van der Waals surface area (Å²) in [6, 6.07) is 8.26. The van der Waals surface area contributed by atoms with Gasteiger partial charge in [-0.15, -0.1) is 0 Å². The number of amides is 1. The van der Waals surface area contributed by atoms with Crippen LogP contribution < -0.4 is 5.32 Å². The van der Waals surface area contributed by atoms with Crippen LogP contribution in [0, 0.1) is 0 Å². The molecule has 0 aliphatic carbocycles. The van der Waals surface area contributed by atoms with Crippen molar-refractivity contribution >= 4 is 11.7 Å². The van der Waals surface area contributed by atoms with Crippen LogP contribution in [0.3, 0.4) is 0 Å². The molecule has 3 rings (SSSR count). The Kier molecular flexibility index (Phi) is 3.81. The van der Waals surface area contributed by atoms with Crippen LogP contribution in [0.4, 0.5) is 5.82 Å². The first-order chi connectivity index (χ1) is 10.3. The minimum atomic E-state index is -0.0555. The van der Waals surface area contributed by atoms with Crippen LogP contribution in [0.2, 0.25) is 0 Å². The van der Waals surface area contributed by atoms with E-state index in [2.05, 4.69) is 27.4 Å². The number of carbonyl (C=O) groups is 1. The molecule has 0 unspecified atom stereocenters. The fourth-order valence-corrected chi connectivity index (χ4v) is 2.54. The quantitative estimate of drug-likeness (QED) is 0.936. The summed E-state index contributed by atoms with van der Waals surface area (Å²) in [6.07, 6.45) is 4.04. The zero-order chi connectivity index (χ0) is 14.7. The number of carbonyl (C=O) groups excluding carboxylic acids is 1. The van der Waals surface area contributed by atoms with Gasteiger partial charge in [-0.25, -0.2) is 9.97 Å². The third-order valence-electron chi connectivity index (χ3n) is 3.65. The first-order valence-electron chi connectivity index (χ1n) is 7.20. The van der Waals surface area contributed by atoms with Crippen molar-refractivity contribution in [3.05, 3.63) is 53.5 Å². The Morgan fingerprint density at radius 3 is 2.76 bits per heavy atom. The van der Waals surface area contributed by atoms with Gasteiger partial charge in [0, 0.05) is 19.6 Å². The third kappa shape index (κ3) is 2.86. The highest BCUT2D eigenvalue weighted by Gasteiger charge is 2.22. The number of fused-ring (bicyclic) bond motifs is 1. The van der Waals surface area contributed by atoms with Crippen LogP contribution >= 0.6 is 0 Å². The number of benzene rings is 1. The summed E-state index contributed by atoms with van der Waals surface area (Å²) < 4.78 is 0. The van der Waals surface area contributed by atoms with Crippen molar-refractivity contribution in [2.24, 2.45) is 0 Å². The van der Waals surface area contributed by atoms with Gasteiger partial charge in [0.1, 0.15) is 11.5 Å². The lowest BCUT2D eigenvalue weighted by atomic mass is 10.00. The number of nitrogens with zero attached hydrogens (tertiary/aromatic N) is 3. The monoisotopic (exact) mass is 282 g/mol. The maximum atomic E-state index is 12.5. The molecule has 5 heteroatoms. The van der Waals surface area contributed by atoms with Crippen molar-refractivity contribution in [1.82, 2.24) is 14.9 Å². The van der Waals surface area contributed by atoms with Gasteiger partial charge < -0.3 is 10.2 Å². The van der Waals surface area contributed by atoms with E-state index in [4.69, 9.17) is 0 Å². The molecule has 1 amide bonds. The highest BCUT2D eigenvalue weighted by atomic mass is 16.2. The zero-order valence-corrected chi connectivity index (χ0v) is 12.0. The van der Waals surface area contributed by atoms with E-state index in [1.54, 1.807) is 12.4 Å². The van der Waals surface area contributed by atoms with Gasteiger partial charge in [-0.1, -0.05) is 24.3 Å². The largest absolute Gasteiger partial charge is 0.369 e. The van der Waals surface area contributed by atoms with Gasteiger partial charge in [0.25, 0.3) is 5.91 Å². The van der Waals surface area contributed by atoms with Gasteiger partial charge in [-0.3, -0.25) is 4.79 Å². The molecule has 0 bridgehead atoms. The molecule has 2 aromatic rings. The number of hydrogen-bond donors (Lipinski definition) is 1. The highest BCUT2D eigenvalue weighted by Crippen LogP contribution is 2.19. The number of hydrogen-bond acceptors (Lipinski definition) is 4. The van der Waals surface area contributed by atoms with Crippen LogP contribution in [0.5, 0.6) is 0 Å². The molecule has 0 saturated heterocycles. The maximum absolute atomic E-state index is 12.5. The Balaban J connectivity index is 1.74. The lowest BCUT2D eigenvalue weighted by Crippen LogP contribution is -2.36. The Bertz CT molecular complexity index is 639. The Hall–Kier alpha value is -2.43. The average Bonchev–Trinajstić information content (AvgIpc) is 2.55. The normalized spacial score (nSPS) is 13.7. The molecule has 1 aromatic carbocycles. The molecule has 2 heterocycles. The smallest absolute Gasteiger partial charge is 0.274 e. The molecule has 0 saturated carbocycles. The second kappa shape index (κ2) is 5.91. The predicted molar refractivity (Wildman–Crippen MR) is 81.1 cm³/mol. The van der Waals surface area contributed by atoms with E-state index in [1.807, 2.05) is 24.0 Å². The number of rotatable bonds is 3. The van der Waals surface area contributed by atoms with Crippen molar-refractivity contribution in [3.63, 3.8) is 0 Å². The second-order valence-electron chi connectivity index (χ2n) is 5.06. The van der Waals surface area contributed by atoms with E-state index in [0.29, 0.717) is 18.1 Å². The Morgan fingerprint density at radius 2 is 2.05 bits per heavy atom. The van der Waals surface area contributed by atoms with Crippen molar-refractivity contribution in [2.45, 2.75) is 19.9 Å². The lowest BCUT2D eigenvalue weighted by Gasteiger charge is -2.28. The summed E-state index contributed by atoms with van der Waals surface area (Å²) in [5.74, 6) is 0.637. The van der Waals surface area contributed by atoms with Crippen molar-refractivity contribution in [1.29, 1.82) is 0 Å². The molecule has 1 N–H and O–H groups in total. The summed E-state index contributed by atoms with van der Waals surface area (Å²) in [6.45, 7) is 4.15. The molecule has 21 heavy (non-hydrogen) atoms. The topological polar surface area (TPSA) is 58.1 Å². The van der Waals surface area contributed by atoms with Gasteiger partial charge in [0.05, 0.1) is 12.4 Å². The predicted octanol–water partition coefficient (Wildman–Crippen LogP) is 2.11. The van der Waals surface area contributed by atoms with Gasteiger partial charge in [-0.05, 0) is 24.5 Å². The number of aromatic nitrogens is 2. The first kappa shape index (κ1) is 13.5. The van der Waals surface area contributed by atoms with E-state index in [9.17, 15) is 4.79 Å². The first-order valence-corrected chi connectivity index (χ1v) is 7.20. The van der Waals surface area contributed by atoms with E-state index in [0.717, 1.165) is 19.5 Å². The highest BCUT2D eigenvalue weighted by molar-refractivity contribution is 5.92. The SMILES string of the molecule is CCNc1cnc(C(=O)N2CCc3ccccc3C2)cn1. The van der Waals surface area contributed by atoms with E-state index in [-0.39, 0.29) is 5.91 Å². The average molecular weight is 282 g/mol. The zero-order valence-electron chi connectivity index (χ0n) is 12.0. The van der Waals surface area contributed by atoms with E-state index in [1.165, 1.54) is 11.1 Å². The number of nitrogens with one attached hydrogen (secondary N) is 1. The molecule has 1 aliphatic heterocycles. The second-order valence-corrected chi connectivity index (χ2v) is 5.06. The van der Waals surface area contributed by atoms with Crippen LogP contribution in [0.1, 0.15) is 28.5 Å². The van der Waals surface area contributed by atoms with Crippen molar-refractivity contribution in [3.8, 4) is 0 Å². The van der Waals surface area contributed by atoms with Crippen molar-refractivity contribution < 1.29 is 4.79 Å². The lowest BCUT2D eigenvalue weighted by molar-refractivity contribution is 0.0728. The van der Waals surface area contributed by atoms with E-state index < -0.39 is 0 Å². The molecule has 0 spiro atoms. The van der Waals surface area contributed by atoms with Gasteiger partial charge in [0.15, 0.2) is 0 Å². The van der Waals surface area contributed by atoms with Crippen LogP contribution in [0.15, 0.2) is 36.7 Å². The molecule has 0 atom stereocenters. The third-order valence-corrected chi connectivity index (χ3v) is 3.65.